The molecule has 2 aromatic carbocycles. The molecule has 0 aliphatic heterocycles. The van der Waals surface area contributed by atoms with Crippen LogP contribution in [0, 0.1) is 0 Å². The molecule has 0 heterocycles. The number of methoxy groups -OCH3 is 1. The van der Waals surface area contributed by atoms with Crippen LogP contribution in [-0.2, 0) is 14.3 Å². The number of carbonyl (C=O) groups is 2. The quantitative estimate of drug-likeness (QED) is 0.582. The predicted molar refractivity (Wildman–Crippen MR) is 107 cm³/mol. The van der Waals surface area contributed by atoms with Gasteiger partial charge in [0, 0.05) is 11.8 Å². The summed E-state index contributed by atoms with van der Waals surface area (Å²) in [6, 6.07) is 14.8. The van der Waals surface area contributed by atoms with Gasteiger partial charge in [-0.05, 0) is 54.3 Å². The molecule has 0 fully saturated rings. The van der Waals surface area contributed by atoms with E-state index in [1.165, 1.54) is 18.6 Å². The largest absolute Gasteiger partial charge is 0.497 e. The highest BCUT2D eigenvalue weighted by Crippen LogP contribution is 2.16. The number of hydrogen-bond acceptors (Lipinski definition) is 4. The maximum Gasteiger partial charge on any atom is 0.331 e. The third-order valence-corrected chi connectivity index (χ3v) is 4.03. The van der Waals surface area contributed by atoms with E-state index in [1.807, 2.05) is 24.3 Å². The summed E-state index contributed by atoms with van der Waals surface area (Å²) in [5.41, 5.74) is 2.73. The first kappa shape index (κ1) is 20.2. The molecule has 0 aliphatic carbocycles. The molecule has 2 rings (SSSR count). The molecule has 1 amide bonds. The van der Waals surface area contributed by atoms with Gasteiger partial charge in [0.25, 0.3) is 5.91 Å². The molecule has 0 bridgehead atoms. The summed E-state index contributed by atoms with van der Waals surface area (Å²) in [6.07, 6.45) is 2.08. The molecule has 27 heavy (non-hydrogen) atoms. The minimum Gasteiger partial charge on any atom is -0.497 e. The van der Waals surface area contributed by atoms with Crippen molar-refractivity contribution < 1.29 is 19.1 Å². The zero-order valence-corrected chi connectivity index (χ0v) is 16.1. The summed E-state index contributed by atoms with van der Waals surface area (Å²) in [4.78, 5) is 24.1. The summed E-state index contributed by atoms with van der Waals surface area (Å²) < 4.78 is 10.2. The second-order valence-corrected chi connectivity index (χ2v) is 6.45. The average Bonchev–Trinajstić information content (AvgIpc) is 2.67. The molecule has 0 spiro atoms. The van der Waals surface area contributed by atoms with Crippen molar-refractivity contribution in [3.63, 3.8) is 0 Å². The van der Waals surface area contributed by atoms with Crippen molar-refractivity contribution in [2.75, 3.05) is 12.4 Å². The van der Waals surface area contributed by atoms with Crippen LogP contribution < -0.4 is 10.1 Å². The molecule has 1 atom stereocenters. The SMILES string of the molecule is COc1ccc(NC(=O)C(C)OC(=O)/C=C/c2ccc(C(C)C)cc2)cc1. The highest BCUT2D eigenvalue weighted by molar-refractivity contribution is 5.96. The van der Waals surface area contributed by atoms with E-state index in [-0.39, 0.29) is 0 Å². The fourth-order valence-corrected chi connectivity index (χ4v) is 2.34. The van der Waals surface area contributed by atoms with Crippen LogP contribution in [0.4, 0.5) is 5.69 Å². The smallest absolute Gasteiger partial charge is 0.331 e. The van der Waals surface area contributed by atoms with Gasteiger partial charge in [-0.25, -0.2) is 4.79 Å². The fraction of sp³-hybridized carbons (Fsp3) is 0.273. The van der Waals surface area contributed by atoms with Gasteiger partial charge in [0.05, 0.1) is 7.11 Å². The van der Waals surface area contributed by atoms with Crippen LogP contribution in [-0.4, -0.2) is 25.1 Å². The highest BCUT2D eigenvalue weighted by atomic mass is 16.5. The van der Waals surface area contributed by atoms with Gasteiger partial charge in [0.15, 0.2) is 6.10 Å². The number of esters is 1. The van der Waals surface area contributed by atoms with Gasteiger partial charge in [0.2, 0.25) is 0 Å². The lowest BCUT2D eigenvalue weighted by atomic mass is 10.0. The molecular formula is C22H25NO4. The highest BCUT2D eigenvalue weighted by Gasteiger charge is 2.16. The normalized spacial score (nSPS) is 12.0. The van der Waals surface area contributed by atoms with Crippen molar-refractivity contribution in [1.82, 2.24) is 0 Å². The van der Waals surface area contributed by atoms with E-state index < -0.39 is 18.0 Å². The predicted octanol–water partition coefficient (Wildman–Crippen LogP) is 4.40. The van der Waals surface area contributed by atoms with Crippen LogP contribution in [0.5, 0.6) is 5.75 Å². The minimum absolute atomic E-state index is 0.400. The van der Waals surface area contributed by atoms with Crippen molar-refractivity contribution in [2.45, 2.75) is 32.8 Å². The summed E-state index contributed by atoms with van der Waals surface area (Å²) >= 11 is 0. The summed E-state index contributed by atoms with van der Waals surface area (Å²) in [6.45, 7) is 5.78. The summed E-state index contributed by atoms with van der Waals surface area (Å²) in [5, 5.41) is 2.69. The van der Waals surface area contributed by atoms with Crippen LogP contribution in [0.3, 0.4) is 0 Å². The Labute approximate surface area is 160 Å². The third kappa shape index (κ3) is 6.29. The zero-order valence-electron chi connectivity index (χ0n) is 16.1. The first-order valence-corrected chi connectivity index (χ1v) is 8.82. The topological polar surface area (TPSA) is 64.6 Å². The standard InChI is InChI=1S/C22H25NO4/c1-15(2)18-8-5-17(6-9-18)7-14-21(24)27-16(3)22(25)23-19-10-12-20(26-4)13-11-19/h5-16H,1-4H3,(H,23,25)/b14-7+. The first-order chi connectivity index (χ1) is 12.9. The van der Waals surface area contributed by atoms with E-state index in [2.05, 4.69) is 19.2 Å². The van der Waals surface area contributed by atoms with Crippen LogP contribution in [0.1, 0.15) is 37.8 Å². The molecule has 142 valence electrons. The van der Waals surface area contributed by atoms with Gasteiger partial charge in [-0.2, -0.15) is 0 Å². The fourth-order valence-electron chi connectivity index (χ4n) is 2.34. The van der Waals surface area contributed by atoms with Gasteiger partial charge in [0.1, 0.15) is 5.75 Å². The molecule has 0 saturated heterocycles. The molecule has 5 nitrogen and oxygen atoms in total. The number of nitrogens with one attached hydrogen (secondary N) is 1. The Morgan fingerprint density at radius 1 is 0.963 bits per heavy atom. The first-order valence-electron chi connectivity index (χ1n) is 8.82. The summed E-state index contributed by atoms with van der Waals surface area (Å²) in [5.74, 6) is 0.181. The molecule has 5 heteroatoms. The zero-order chi connectivity index (χ0) is 19.8. The minimum atomic E-state index is -0.910. The lowest BCUT2D eigenvalue weighted by Crippen LogP contribution is -2.29. The van der Waals surface area contributed by atoms with E-state index in [9.17, 15) is 9.59 Å². The van der Waals surface area contributed by atoms with E-state index >= 15 is 0 Å². The number of rotatable bonds is 7. The molecule has 1 N–H and O–H groups in total. The van der Waals surface area contributed by atoms with E-state index in [0.717, 1.165) is 5.56 Å². The van der Waals surface area contributed by atoms with Crippen LogP contribution >= 0.6 is 0 Å². The lowest BCUT2D eigenvalue weighted by Gasteiger charge is -2.12. The number of anilines is 1. The van der Waals surface area contributed by atoms with Gasteiger partial charge in [-0.3, -0.25) is 4.79 Å². The molecule has 0 saturated carbocycles. The molecule has 0 radical (unpaired) electrons. The van der Waals surface area contributed by atoms with E-state index in [0.29, 0.717) is 17.4 Å². The van der Waals surface area contributed by atoms with Crippen molar-refractivity contribution in [3.8, 4) is 5.75 Å². The summed E-state index contributed by atoms with van der Waals surface area (Å²) in [7, 11) is 1.57. The Bertz CT molecular complexity index is 792. The van der Waals surface area contributed by atoms with Crippen LogP contribution in [0.25, 0.3) is 6.08 Å². The number of amides is 1. The number of carbonyl (C=O) groups excluding carboxylic acids is 2. The molecule has 0 aliphatic rings. The van der Waals surface area contributed by atoms with Crippen LogP contribution in [0.2, 0.25) is 0 Å². The lowest BCUT2D eigenvalue weighted by molar-refractivity contribution is -0.148. The molecular weight excluding hydrogens is 342 g/mol. The molecule has 1 unspecified atom stereocenters. The second-order valence-electron chi connectivity index (χ2n) is 6.45. The number of ether oxygens (including phenoxy) is 2. The maximum absolute atomic E-state index is 12.1. The Morgan fingerprint density at radius 3 is 2.15 bits per heavy atom. The Kier molecular flexibility index (Phi) is 7.17. The van der Waals surface area contributed by atoms with Crippen molar-refractivity contribution in [2.24, 2.45) is 0 Å². The number of benzene rings is 2. The van der Waals surface area contributed by atoms with Gasteiger partial charge < -0.3 is 14.8 Å². The van der Waals surface area contributed by atoms with Crippen molar-refractivity contribution in [1.29, 1.82) is 0 Å². The van der Waals surface area contributed by atoms with Crippen molar-refractivity contribution in [3.05, 3.63) is 65.7 Å². The Hall–Kier alpha value is -3.08. The van der Waals surface area contributed by atoms with Gasteiger partial charge in [-0.1, -0.05) is 38.1 Å². The van der Waals surface area contributed by atoms with E-state index in [4.69, 9.17) is 9.47 Å². The Morgan fingerprint density at radius 2 is 1.59 bits per heavy atom. The number of hydrogen-bond donors (Lipinski definition) is 1. The van der Waals surface area contributed by atoms with Crippen molar-refractivity contribution >= 4 is 23.6 Å². The monoisotopic (exact) mass is 367 g/mol. The molecule has 2 aromatic rings. The molecule has 0 aromatic heterocycles. The average molecular weight is 367 g/mol. The van der Waals surface area contributed by atoms with E-state index in [1.54, 1.807) is 37.5 Å². The maximum atomic E-state index is 12.1. The van der Waals surface area contributed by atoms with Gasteiger partial charge >= 0.3 is 5.97 Å². The van der Waals surface area contributed by atoms with Gasteiger partial charge in [-0.15, -0.1) is 0 Å². The third-order valence-electron chi connectivity index (χ3n) is 4.03. The second kappa shape index (κ2) is 9.57. The van der Waals surface area contributed by atoms with Crippen LogP contribution in [0.15, 0.2) is 54.6 Å². The Balaban J connectivity index is 1.86.